The summed E-state index contributed by atoms with van der Waals surface area (Å²) in [6.07, 6.45) is -1.58. The van der Waals surface area contributed by atoms with Gasteiger partial charge < -0.3 is 30.4 Å². The van der Waals surface area contributed by atoms with Crippen LogP contribution >= 0.6 is 15.4 Å². The van der Waals surface area contributed by atoms with Gasteiger partial charge in [-0.2, -0.15) is 0 Å². The fourth-order valence-electron chi connectivity index (χ4n) is 9.04. The maximum absolute atomic E-state index is 17.1. The first-order chi connectivity index (χ1) is 31.6. The number of phosphoric acid groups is 1. The number of rotatable bonds is 10. The molecule has 66 heavy (non-hydrogen) atoms. The van der Waals surface area contributed by atoms with Crippen molar-refractivity contribution in [2.75, 3.05) is 31.7 Å². The molecule has 0 amide bonds. The third-order valence-corrected chi connectivity index (χ3v) is 15.8. The summed E-state index contributed by atoms with van der Waals surface area (Å²) in [5.41, 5.74) is 10.7. The molecule has 9 rings (SSSR count). The van der Waals surface area contributed by atoms with Crippen LogP contribution in [0.3, 0.4) is 0 Å². The molecule has 0 spiro atoms. The number of hydrogen-bond acceptors (Lipinski definition) is 21. The Morgan fingerprint density at radius 1 is 0.727 bits per heavy atom. The second-order valence-corrected chi connectivity index (χ2v) is 20.9. The number of alkyl halides is 2. The van der Waals surface area contributed by atoms with Crippen LogP contribution < -0.4 is 11.5 Å². The Kier molecular flexibility index (Phi) is 13.0. The lowest BCUT2D eigenvalue weighted by Gasteiger charge is -2.31. The van der Waals surface area contributed by atoms with Gasteiger partial charge in [-0.1, -0.05) is 38.5 Å². The van der Waals surface area contributed by atoms with E-state index in [4.69, 9.17) is 53.0 Å². The van der Waals surface area contributed by atoms with Crippen LogP contribution in [-0.4, -0.2) is 108 Å². The molecule has 0 bridgehead atoms. The maximum Gasteiger partial charge on any atom is 0.478 e. The maximum atomic E-state index is 17.1. The van der Waals surface area contributed by atoms with Crippen molar-refractivity contribution in [3.05, 3.63) is 37.2 Å². The van der Waals surface area contributed by atoms with Crippen LogP contribution in [0.1, 0.15) is 90.5 Å². The SMILES string of the molecule is CC1(C(=O)OCOP2(=O)C=C[C@H]3O[C@@H](n4cnc5c(N)ncnc54)[C@H](F)[C@@H]3OP(=O)(OCOC(=O)C3(C)CCCCC3)OC[C@H]3O[C@@H](n4cnc5c(N)ncnc54)[C@H](F)[C@@H]3O2)CCCCC1. The monoisotopic (exact) mass is 966 g/mol. The lowest BCUT2D eigenvalue weighted by molar-refractivity contribution is -0.165. The number of carbonyl (C=O) groups is 2. The summed E-state index contributed by atoms with van der Waals surface area (Å²) in [7, 11) is -9.90. The van der Waals surface area contributed by atoms with Gasteiger partial charge in [-0.15, -0.1) is 0 Å². The molecule has 4 N–H and O–H groups in total. The molecule has 4 aromatic heterocycles. The molecular weight excluding hydrogens is 916 g/mol. The molecule has 3 aliphatic heterocycles. The van der Waals surface area contributed by atoms with Crippen LogP contribution in [0.15, 0.2) is 37.2 Å². The molecule has 23 nitrogen and oxygen atoms in total. The lowest BCUT2D eigenvalue weighted by atomic mass is 9.76. The van der Waals surface area contributed by atoms with E-state index in [1.165, 1.54) is 21.8 Å². The highest BCUT2D eigenvalue weighted by atomic mass is 31.2. The van der Waals surface area contributed by atoms with E-state index in [9.17, 15) is 18.7 Å². The van der Waals surface area contributed by atoms with Gasteiger partial charge in [0.2, 0.25) is 13.6 Å². The minimum Gasteiger partial charge on any atom is -0.438 e. The highest BCUT2D eigenvalue weighted by Crippen LogP contribution is 2.58. The van der Waals surface area contributed by atoms with Gasteiger partial charge in [-0.05, 0) is 45.6 Å². The number of ether oxygens (including phenoxy) is 4. The molecule has 5 aliphatic rings. The Morgan fingerprint density at radius 2 is 1.24 bits per heavy atom. The zero-order valence-electron chi connectivity index (χ0n) is 36.0. The third-order valence-electron chi connectivity index (χ3n) is 12.9. The number of nitrogens with two attached hydrogens (primary N) is 2. The topological polar surface area (TPSA) is 291 Å². The number of nitrogen functional groups attached to an aromatic ring is 2. The number of carbonyl (C=O) groups excluding carboxylic acids is 2. The first-order valence-corrected chi connectivity index (χ1v) is 24.7. The first-order valence-electron chi connectivity index (χ1n) is 21.6. The Balaban J connectivity index is 1.06. The van der Waals surface area contributed by atoms with Gasteiger partial charge in [0.1, 0.15) is 48.1 Å². The summed E-state index contributed by atoms with van der Waals surface area (Å²) < 4.78 is 118. The van der Waals surface area contributed by atoms with E-state index in [-0.39, 0.29) is 34.0 Å². The quantitative estimate of drug-likeness (QED) is 0.106. The Hall–Kier alpha value is -4.58. The van der Waals surface area contributed by atoms with Crippen molar-refractivity contribution in [3.8, 4) is 0 Å². The number of aromatic nitrogens is 8. The van der Waals surface area contributed by atoms with Gasteiger partial charge in [0.25, 0.3) is 0 Å². The zero-order valence-corrected chi connectivity index (χ0v) is 37.8. The van der Waals surface area contributed by atoms with Crippen LogP contribution in [-0.2, 0) is 60.3 Å². The van der Waals surface area contributed by atoms with E-state index < -0.39 is 108 Å². The standard InChI is InChI=1S/C39H50F2N10O13P2/c1-38(10-5-3-6-11-38)36(52)56-20-59-65(54)14-9-22-28(24(40)34(61-22)50-18-48-26-30(42)44-16-46-32(26)50)64-66(55,60-21-57-37(53)39(2)12-7-4-8-13-39)58-15-23-29(63-65)25(41)35(62-23)51-19-49-27-31(43)45-17-47-33(27)51/h9,14,16-19,22-25,28-29,34-35H,3-8,10-13,15,20-21H2,1-2H3,(H2,42,44,46)(H2,43,45,47)/t22-,23-,24-,25-,28-,29-,34-,35-,65?,66?/m1/s1. The molecule has 2 unspecified atom stereocenters. The van der Waals surface area contributed by atoms with Crippen molar-refractivity contribution in [3.63, 3.8) is 0 Å². The number of esters is 2. The van der Waals surface area contributed by atoms with Crippen molar-refractivity contribution >= 4 is 61.3 Å². The minimum atomic E-state index is -5.10. The van der Waals surface area contributed by atoms with Crippen molar-refractivity contribution in [2.24, 2.45) is 10.8 Å². The van der Waals surface area contributed by atoms with Crippen LogP contribution in [0.5, 0.6) is 0 Å². The van der Waals surface area contributed by atoms with Gasteiger partial charge >= 0.3 is 27.4 Å². The number of nitrogens with zero attached hydrogens (tertiary/aromatic N) is 8. The highest BCUT2D eigenvalue weighted by molar-refractivity contribution is 7.57. The largest absolute Gasteiger partial charge is 0.478 e. The molecule has 0 aromatic carbocycles. The summed E-state index contributed by atoms with van der Waals surface area (Å²) in [6, 6.07) is 0. The van der Waals surface area contributed by atoms with E-state index in [2.05, 4.69) is 29.9 Å². The molecule has 2 saturated heterocycles. The smallest absolute Gasteiger partial charge is 0.438 e. The van der Waals surface area contributed by atoms with Gasteiger partial charge in [0.05, 0.1) is 30.1 Å². The van der Waals surface area contributed by atoms with Crippen molar-refractivity contribution in [2.45, 2.75) is 127 Å². The number of fused-ring (bicyclic) bond motifs is 4. The fraction of sp³-hybridized carbons (Fsp3) is 0.641. The molecular formula is C39H50F2N10O13P2. The van der Waals surface area contributed by atoms with Crippen molar-refractivity contribution in [1.29, 1.82) is 0 Å². The number of imidazole rings is 2. The average molecular weight is 967 g/mol. The summed E-state index contributed by atoms with van der Waals surface area (Å²) in [5.74, 6) is -0.366. The summed E-state index contributed by atoms with van der Waals surface area (Å²) >= 11 is 0. The highest BCUT2D eigenvalue weighted by Gasteiger charge is 2.55. The average Bonchev–Trinajstić information content (AvgIpc) is 4.07. The predicted octanol–water partition coefficient (Wildman–Crippen LogP) is 5.89. The molecule has 7 heterocycles. The van der Waals surface area contributed by atoms with Crippen LogP contribution in [0, 0.1) is 10.8 Å². The van der Waals surface area contributed by atoms with E-state index in [0.717, 1.165) is 63.1 Å². The second kappa shape index (κ2) is 18.5. The number of phosphoric ester groups is 1. The first kappa shape index (κ1) is 46.5. The second-order valence-electron chi connectivity index (χ2n) is 17.5. The molecule has 0 radical (unpaired) electrons. The van der Waals surface area contributed by atoms with E-state index >= 15 is 8.78 Å². The lowest BCUT2D eigenvalue weighted by Crippen LogP contribution is -2.36. The molecule has 4 fully saturated rings. The molecule has 2 aliphatic carbocycles. The minimum absolute atomic E-state index is 0.00822. The van der Waals surface area contributed by atoms with Crippen molar-refractivity contribution < 1.29 is 69.1 Å². The van der Waals surface area contributed by atoms with Crippen LogP contribution in [0.4, 0.5) is 20.4 Å². The number of halogens is 2. The normalized spacial score (nSPS) is 33.4. The number of hydrogen-bond donors (Lipinski definition) is 2. The Labute approximate surface area is 375 Å². The molecule has 27 heteroatoms. The molecule has 10 atom stereocenters. The molecule has 4 aromatic rings. The zero-order chi connectivity index (χ0) is 46.4. The molecule has 2 saturated carbocycles. The third kappa shape index (κ3) is 9.08. The Bertz CT molecular complexity index is 2580. The summed E-state index contributed by atoms with van der Waals surface area (Å²) in [6.45, 7) is 0.797. The summed E-state index contributed by atoms with van der Waals surface area (Å²) in [4.78, 5) is 51.1. The van der Waals surface area contributed by atoms with Crippen molar-refractivity contribution in [1.82, 2.24) is 39.0 Å². The van der Waals surface area contributed by atoms with Gasteiger partial charge in [0, 0.05) is 5.82 Å². The van der Waals surface area contributed by atoms with E-state index in [0.29, 0.717) is 25.7 Å². The summed E-state index contributed by atoms with van der Waals surface area (Å²) in [5, 5.41) is 0. The fourth-order valence-corrected chi connectivity index (χ4v) is 11.7. The number of anilines is 2. The predicted molar refractivity (Wildman–Crippen MR) is 224 cm³/mol. The van der Waals surface area contributed by atoms with E-state index in [1.807, 2.05) is 0 Å². The van der Waals surface area contributed by atoms with Crippen LogP contribution in [0.25, 0.3) is 22.3 Å². The Morgan fingerprint density at radius 3 is 1.80 bits per heavy atom. The van der Waals surface area contributed by atoms with Gasteiger partial charge in [0.15, 0.2) is 47.7 Å². The molecule has 358 valence electrons. The van der Waals surface area contributed by atoms with E-state index in [1.54, 1.807) is 13.8 Å². The van der Waals surface area contributed by atoms with Gasteiger partial charge in [-0.3, -0.25) is 41.4 Å². The van der Waals surface area contributed by atoms with Gasteiger partial charge in [-0.25, -0.2) is 47.8 Å². The van der Waals surface area contributed by atoms with Crippen LogP contribution in [0.2, 0.25) is 0 Å².